The first-order chi connectivity index (χ1) is 13.0. The summed E-state index contributed by atoms with van der Waals surface area (Å²) in [6, 6.07) is 14.6. The Morgan fingerprint density at radius 2 is 1.71 bits per heavy atom. The number of halogens is 1. The van der Waals surface area contributed by atoms with E-state index in [1.165, 1.54) is 30.2 Å². The van der Waals surface area contributed by atoms with Crippen LogP contribution >= 0.6 is 12.4 Å². The number of unbranched alkanes of at least 4 members (excludes halogenated alkanes) is 1. The molecule has 0 spiro atoms. The van der Waals surface area contributed by atoms with Crippen molar-refractivity contribution in [1.29, 1.82) is 0 Å². The number of hydrogen-bond acceptors (Lipinski definition) is 4. The van der Waals surface area contributed by atoms with Gasteiger partial charge in [-0.25, -0.2) is 13.1 Å². The Morgan fingerprint density at radius 1 is 1.04 bits per heavy atom. The minimum absolute atomic E-state index is 0. The van der Waals surface area contributed by atoms with Gasteiger partial charge >= 0.3 is 0 Å². The van der Waals surface area contributed by atoms with E-state index >= 15 is 0 Å². The number of carbonyl (C=O) groups is 1. The van der Waals surface area contributed by atoms with E-state index < -0.39 is 10.0 Å². The van der Waals surface area contributed by atoms with Crippen LogP contribution < -0.4 is 4.72 Å². The van der Waals surface area contributed by atoms with Crippen molar-refractivity contribution >= 4 is 28.2 Å². The van der Waals surface area contributed by atoms with Gasteiger partial charge in [-0.15, -0.1) is 12.4 Å². The molecular formula is C21H27ClN2O3S. The molecule has 0 unspecified atom stereocenters. The van der Waals surface area contributed by atoms with Gasteiger partial charge in [-0.05, 0) is 56.0 Å². The standard InChI is InChI=1S/C21H26N2O3S.ClH/c1-17(24)18-8-10-21(11-9-18)27(25,26)22-13-4-5-14-23-15-12-19-6-2-3-7-20(19)16-23;/h2-3,6-11,22H,4-5,12-16H2,1H3;1H. The van der Waals surface area contributed by atoms with Crippen LogP contribution in [0.3, 0.4) is 0 Å². The van der Waals surface area contributed by atoms with E-state index in [9.17, 15) is 13.2 Å². The number of ketones is 1. The second-order valence-electron chi connectivity index (χ2n) is 6.98. The zero-order chi connectivity index (χ0) is 19.3. The molecule has 7 heteroatoms. The molecule has 1 aliphatic heterocycles. The summed E-state index contributed by atoms with van der Waals surface area (Å²) in [5.74, 6) is -0.0766. The molecule has 1 heterocycles. The number of carbonyl (C=O) groups excluding carboxylic acids is 1. The Labute approximate surface area is 173 Å². The van der Waals surface area contributed by atoms with Gasteiger partial charge in [0.2, 0.25) is 10.0 Å². The van der Waals surface area contributed by atoms with Gasteiger partial charge in [-0.1, -0.05) is 36.4 Å². The highest BCUT2D eigenvalue weighted by Gasteiger charge is 2.16. The molecule has 0 atom stereocenters. The van der Waals surface area contributed by atoms with Crippen molar-refractivity contribution in [2.24, 2.45) is 0 Å². The minimum Gasteiger partial charge on any atom is -0.299 e. The van der Waals surface area contributed by atoms with E-state index in [0.29, 0.717) is 12.1 Å². The third-order valence-corrected chi connectivity index (χ3v) is 6.45. The third-order valence-electron chi connectivity index (χ3n) is 4.97. The molecular weight excluding hydrogens is 396 g/mol. The average Bonchev–Trinajstić information content (AvgIpc) is 2.67. The summed E-state index contributed by atoms with van der Waals surface area (Å²) in [7, 11) is -3.52. The fourth-order valence-electron chi connectivity index (χ4n) is 3.36. The van der Waals surface area contributed by atoms with Gasteiger partial charge in [0.1, 0.15) is 0 Å². The van der Waals surface area contributed by atoms with Crippen LogP contribution in [0.1, 0.15) is 41.3 Å². The van der Waals surface area contributed by atoms with E-state index in [2.05, 4.69) is 33.9 Å². The predicted octanol–water partition coefficient (Wildman–Crippen LogP) is 3.43. The second kappa shape index (κ2) is 10.2. The summed E-state index contributed by atoms with van der Waals surface area (Å²) in [4.78, 5) is 13.9. The molecule has 1 N–H and O–H groups in total. The monoisotopic (exact) mass is 422 g/mol. The maximum atomic E-state index is 12.3. The summed E-state index contributed by atoms with van der Waals surface area (Å²) >= 11 is 0. The highest BCUT2D eigenvalue weighted by Crippen LogP contribution is 2.18. The fraction of sp³-hybridized carbons (Fsp3) is 0.381. The smallest absolute Gasteiger partial charge is 0.240 e. The van der Waals surface area contributed by atoms with Crippen LogP contribution in [0.5, 0.6) is 0 Å². The lowest BCUT2D eigenvalue weighted by Gasteiger charge is -2.28. The first-order valence-electron chi connectivity index (χ1n) is 9.35. The Bertz CT molecular complexity index is 898. The largest absolute Gasteiger partial charge is 0.299 e. The number of sulfonamides is 1. The molecule has 2 aromatic carbocycles. The normalized spacial score (nSPS) is 14.2. The highest BCUT2D eigenvalue weighted by molar-refractivity contribution is 7.89. The first-order valence-corrected chi connectivity index (χ1v) is 10.8. The molecule has 0 radical (unpaired) electrons. The van der Waals surface area contributed by atoms with Crippen molar-refractivity contribution < 1.29 is 13.2 Å². The molecule has 0 aromatic heterocycles. The number of rotatable bonds is 8. The van der Waals surface area contributed by atoms with E-state index in [1.54, 1.807) is 12.1 Å². The molecule has 1 aliphatic rings. The lowest BCUT2D eigenvalue weighted by Crippen LogP contribution is -2.32. The van der Waals surface area contributed by atoms with Crippen molar-refractivity contribution in [2.75, 3.05) is 19.6 Å². The first kappa shape index (κ1) is 22.6. The predicted molar refractivity (Wildman–Crippen MR) is 114 cm³/mol. The summed E-state index contributed by atoms with van der Waals surface area (Å²) in [6.07, 6.45) is 2.83. The average molecular weight is 423 g/mol. The lowest BCUT2D eigenvalue weighted by atomic mass is 10.00. The van der Waals surface area contributed by atoms with Crippen LogP contribution in [0.15, 0.2) is 53.4 Å². The van der Waals surface area contributed by atoms with Gasteiger partial charge in [0.15, 0.2) is 5.78 Å². The van der Waals surface area contributed by atoms with Gasteiger partial charge in [0.05, 0.1) is 4.90 Å². The molecule has 5 nitrogen and oxygen atoms in total. The van der Waals surface area contributed by atoms with Crippen LogP contribution in [0.2, 0.25) is 0 Å². The molecule has 0 saturated heterocycles. The number of Topliss-reactive ketones (excluding diaryl/α,β-unsaturated/α-hetero) is 1. The van der Waals surface area contributed by atoms with Crippen LogP contribution in [0.4, 0.5) is 0 Å². The fourth-order valence-corrected chi connectivity index (χ4v) is 4.44. The van der Waals surface area contributed by atoms with Crippen molar-refractivity contribution in [3.8, 4) is 0 Å². The molecule has 0 amide bonds. The number of fused-ring (bicyclic) bond motifs is 1. The van der Waals surface area contributed by atoms with Gasteiger partial charge in [0.25, 0.3) is 0 Å². The summed E-state index contributed by atoms with van der Waals surface area (Å²) in [5, 5.41) is 0. The van der Waals surface area contributed by atoms with Crippen LogP contribution in [0.25, 0.3) is 0 Å². The van der Waals surface area contributed by atoms with E-state index in [-0.39, 0.29) is 23.1 Å². The summed E-state index contributed by atoms with van der Waals surface area (Å²) in [6.45, 7) is 4.89. The Balaban J connectivity index is 0.00000280. The number of hydrogen-bond donors (Lipinski definition) is 1. The lowest BCUT2D eigenvalue weighted by molar-refractivity contribution is 0.101. The van der Waals surface area contributed by atoms with E-state index in [1.807, 2.05) is 0 Å². The van der Waals surface area contributed by atoms with Crippen LogP contribution in [-0.2, 0) is 23.0 Å². The van der Waals surface area contributed by atoms with Crippen molar-refractivity contribution in [3.05, 3.63) is 65.2 Å². The number of nitrogens with one attached hydrogen (secondary N) is 1. The second-order valence-corrected chi connectivity index (χ2v) is 8.75. The summed E-state index contributed by atoms with van der Waals surface area (Å²) < 4.78 is 27.3. The maximum Gasteiger partial charge on any atom is 0.240 e. The minimum atomic E-state index is -3.52. The van der Waals surface area contributed by atoms with E-state index in [4.69, 9.17) is 0 Å². The van der Waals surface area contributed by atoms with Crippen molar-refractivity contribution in [2.45, 2.75) is 37.6 Å². The molecule has 3 rings (SSSR count). The third kappa shape index (κ3) is 5.88. The Kier molecular flexibility index (Phi) is 8.19. The van der Waals surface area contributed by atoms with Crippen molar-refractivity contribution in [1.82, 2.24) is 9.62 Å². The van der Waals surface area contributed by atoms with E-state index in [0.717, 1.165) is 38.9 Å². The SMILES string of the molecule is CC(=O)c1ccc(S(=O)(=O)NCCCCN2CCc3ccccc3C2)cc1.Cl. The number of nitrogens with zero attached hydrogens (tertiary/aromatic N) is 1. The topological polar surface area (TPSA) is 66.5 Å². The van der Waals surface area contributed by atoms with Crippen LogP contribution in [-0.4, -0.2) is 38.7 Å². The Morgan fingerprint density at radius 3 is 2.39 bits per heavy atom. The molecule has 0 aliphatic carbocycles. The quantitative estimate of drug-likeness (QED) is 0.522. The van der Waals surface area contributed by atoms with Crippen molar-refractivity contribution in [3.63, 3.8) is 0 Å². The van der Waals surface area contributed by atoms with Gasteiger partial charge < -0.3 is 0 Å². The molecule has 0 saturated carbocycles. The zero-order valence-electron chi connectivity index (χ0n) is 16.1. The van der Waals surface area contributed by atoms with Gasteiger partial charge in [-0.3, -0.25) is 9.69 Å². The zero-order valence-corrected chi connectivity index (χ0v) is 17.7. The summed E-state index contributed by atoms with van der Waals surface area (Å²) in [5.41, 5.74) is 3.35. The van der Waals surface area contributed by atoms with Crippen LogP contribution in [0, 0.1) is 0 Å². The Hall–Kier alpha value is -1.73. The highest BCUT2D eigenvalue weighted by atomic mass is 35.5. The maximum absolute atomic E-state index is 12.3. The van der Waals surface area contributed by atoms with Gasteiger partial charge in [0, 0.05) is 25.2 Å². The molecule has 152 valence electrons. The molecule has 28 heavy (non-hydrogen) atoms. The molecule has 0 bridgehead atoms. The number of benzene rings is 2. The van der Waals surface area contributed by atoms with Gasteiger partial charge in [-0.2, -0.15) is 0 Å². The molecule has 2 aromatic rings. The molecule has 0 fully saturated rings.